The smallest absolute Gasteiger partial charge is 0.134 e. The number of allylic oxidation sites excluding steroid dienone is 1. The second-order valence-corrected chi connectivity index (χ2v) is 3.53. The molecule has 0 spiro atoms. The van der Waals surface area contributed by atoms with Crippen LogP contribution in [0.5, 0.6) is 0 Å². The molecule has 72 valence electrons. The molecule has 2 rings (SSSR count). The van der Waals surface area contributed by atoms with Gasteiger partial charge >= 0.3 is 0 Å². The fourth-order valence-electron chi connectivity index (χ4n) is 1.81. The molecule has 1 heterocycles. The summed E-state index contributed by atoms with van der Waals surface area (Å²) in [5.41, 5.74) is 3.22. The van der Waals surface area contributed by atoms with E-state index in [1.807, 2.05) is 25.1 Å². The Kier molecular flexibility index (Phi) is 2.16. The predicted molar refractivity (Wildman–Crippen MR) is 60.3 cm³/mol. The summed E-state index contributed by atoms with van der Waals surface area (Å²) >= 11 is 0. The molecule has 0 fully saturated rings. The van der Waals surface area contributed by atoms with Crippen molar-refractivity contribution in [1.82, 2.24) is 0 Å². The van der Waals surface area contributed by atoms with E-state index >= 15 is 0 Å². The van der Waals surface area contributed by atoms with E-state index in [2.05, 4.69) is 19.6 Å². The third kappa shape index (κ3) is 1.25. The molecular formula is C13H14O. The Bertz CT molecular complexity index is 477. The fourth-order valence-corrected chi connectivity index (χ4v) is 1.81. The first-order chi connectivity index (χ1) is 6.74. The third-order valence-electron chi connectivity index (χ3n) is 2.42. The molecule has 1 nitrogen and oxygen atoms in total. The van der Waals surface area contributed by atoms with Gasteiger partial charge < -0.3 is 4.42 Å². The number of para-hydroxylation sites is 1. The van der Waals surface area contributed by atoms with Crippen LogP contribution in [0.1, 0.15) is 25.2 Å². The number of hydrogen-bond acceptors (Lipinski definition) is 1. The van der Waals surface area contributed by atoms with E-state index in [4.69, 9.17) is 4.42 Å². The molecule has 0 aliphatic heterocycles. The van der Waals surface area contributed by atoms with Crippen molar-refractivity contribution in [2.24, 2.45) is 0 Å². The Morgan fingerprint density at radius 1 is 1.36 bits per heavy atom. The molecule has 0 amide bonds. The Hall–Kier alpha value is -1.50. The minimum Gasteiger partial charge on any atom is -0.460 e. The molecule has 14 heavy (non-hydrogen) atoms. The first-order valence-electron chi connectivity index (χ1n) is 4.90. The van der Waals surface area contributed by atoms with Crippen LogP contribution in [0.4, 0.5) is 0 Å². The summed E-state index contributed by atoms with van der Waals surface area (Å²) in [7, 11) is 0. The van der Waals surface area contributed by atoms with Gasteiger partial charge in [0.2, 0.25) is 0 Å². The zero-order valence-electron chi connectivity index (χ0n) is 8.63. The van der Waals surface area contributed by atoms with Gasteiger partial charge in [0, 0.05) is 17.4 Å². The lowest BCUT2D eigenvalue weighted by Crippen LogP contribution is -1.82. The zero-order chi connectivity index (χ0) is 10.1. The lowest BCUT2D eigenvalue weighted by molar-refractivity contribution is 0.555. The maximum atomic E-state index is 5.75. The van der Waals surface area contributed by atoms with Crippen molar-refractivity contribution in [2.45, 2.75) is 20.3 Å². The fraction of sp³-hybridized carbons (Fsp3) is 0.231. The molecule has 1 aromatic carbocycles. The van der Waals surface area contributed by atoms with Crippen LogP contribution < -0.4 is 0 Å². The van der Waals surface area contributed by atoms with Gasteiger partial charge in [0.15, 0.2) is 0 Å². The van der Waals surface area contributed by atoms with Crippen molar-refractivity contribution < 1.29 is 4.42 Å². The minimum absolute atomic E-state index is 0.914. The SMILES string of the molecule is C=C(C)c1c(CC)oc2ccccc12. The molecule has 0 unspecified atom stereocenters. The number of fused-ring (bicyclic) bond motifs is 1. The van der Waals surface area contributed by atoms with Crippen molar-refractivity contribution in [2.75, 3.05) is 0 Å². The van der Waals surface area contributed by atoms with Gasteiger partial charge in [-0.25, -0.2) is 0 Å². The summed E-state index contributed by atoms with van der Waals surface area (Å²) in [6.07, 6.45) is 0.914. The maximum absolute atomic E-state index is 5.75. The topological polar surface area (TPSA) is 13.1 Å². The molecule has 1 heteroatoms. The first-order valence-corrected chi connectivity index (χ1v) is 4.90. The highest BCUT2D eigenvalue weighted by Crippen LogP contribution is 2.30. The molecule has 0 radical (unpaired) electrons. The van der Waals surface area contributed by atoms with Crippen LogP contribution in [-0.4, -0.2) is 0 Å². The van der Waals surface area contributed by atoms with Gasteiger partial charge in [-0.3, -0.25) is 0 Å². The van der Waals surface area contributed by atoms with E-state index in [9.17, 15) is 0 Å². The van der Waals surface area contributed by atoms with Crippen molar-refractivity contribution in [3.05, 3.63) is 42.2 Å². The number of furan rings is 1. The third-order valence-corrected chi connectivity index (χ3v) is 2.42. The molecule has 0 N–H and O–H groups in total. The van der Waals surface area contributed by atoms with E-state index in [1.165, 1.54) is 10.9 Å². The van der Waals surface area contributed by atoms with Crippen LogP contribution in [0.3, 0.4) is 0 Å². The lowest BCUT2D eigenvalue weighted by atomic mass is 10.0. The van der Waals surface area contributed by atoms with Crippen LogP contribution >= 0.6 is 0 Å². The summed E-state index contributed by atoms with van der Waals surface area (Å²) < 4.78 is 5.75. The predicted octanol–water partition coefficient (Wildman–Crippen LogP) is 4.03. The van der Waals surface area contributed by atoms with Gasteiger partial charge in [-0.2, -0.15) is 0 Å². The Labute approximate surface area is 84.0 Å². The minimum atomic E-state index is 0.914. The monoisotopic (exact) mass is 186 g/mol. The molecule has 0 aliphatic rings. The van der Waals surface area contributed by atoms with Crippen LogP contribution in [-0.2, 0) is 6.42 Å². The Morgan fingerprint density at radius 2 is 2.07 bits per heavy atom. The number of hydrogen-bond donors (Lipinski definition) is 0. The van der Waals surface area contributed by atoms with E-state index < -0.39 is 0 Å². The van der Waals surface area contributed by atoms with Crippen molar-refractivity contribution in [3.8, 4) is 0 Å². The van der Waals surface area contributed by atoms with Crippen LogP contribution in [0.2, 0.25) is 0 Å². The first kappa shape index (κ1) is 9.07. The molecule has 0 saturated heterocycles. The van der Waals surface area contributed by atoms with E-state index in [0.717, 1.165) is 23.3 Å². The van der Waals surface area contributed by atoms with Gasteiger partial charge in [0.25, 0.3) is 0 Å². The lowest BCUT2D eigenvalue weighted by Gasteiger charge is -1.98. The van der Waals surface area contributed by atoms with Crippen LogP contribution in [0.25, 0.3) is 16.5 Å². The Balaban J connectivity index is 2.81. The molecule has 0 saturated carbocycles. The number of rotatable bonds is 2. The van der Waals surface area contributed by atoms with Gasteiger partial charge in [-0.05, 0) is 18.6 Å². The van der Waals surface area contributed by atoms with Crippen LogP contribution in [0.15, 0.2) is 35.3 Å². The van der Waals surface area contributed by atoms with Crippen molar-refractivity contribution in [3.63, 3.8) is 0 Å². The van der Waals surface area contributed by atoms with Gasteiger partial charge in [0.05, 0.1) is 0 Å². The summed E-state index contributed by atoms with van der Waals surface area (Å²) in [5, 5.41) is 1.18. The molecular weight excluding hydrogens is 172 g/mol. The van der Waals surface area contributed by atoms with Gasteiger partial charge in [0.1, 0.15) is 11.3 Å². The standard InChI is InChI=1S/C13H14O/c1-4-11-13(9(2)3)10-7-5-6-8-12(10)14-11/h5-8H,2,4H2,1,3H3. The molecule has 0 bridgehead atoms. The summed E-state index contributed by atoms with van der Waals surface area (Å²) in [4.78, 5) is 0. The number of aryl methyl sites for hydroxylation is 1. The second-order valence-electron chi connectivity index (χ2n) is 3.53. The normalized spacial score (nSPS) is 10.7. The summed E-state index contributed by atoms with van der Waals surface area (Å²) in [6, 6.07) is 8.11. The Morgan fingerprint density at radius 3 is 2.71 bits per heavy atom. The maximum Gasteiger partial charge on any atom is 0.134 e. The molecule has 1 aromatic heterocycles. The average molecular weight is 186 g/mol. The van der Waals surface area contributed by atoms with Crippen molar-refractivity contribution >= 4 is 16.5 Å². The van der Waals surface area contributed by atoms with E-state index in [-0.39, 0.29) is 0 Å². The van der Waals surface area contributed by atoms with E-state index in [0.29, 0.717) is 0 Å². The summed E-state index contributed by atoms with van der Waals surface area (Å²) in [6.45, 7) is 8.12. The summed E-state index contributed by atoms with van der Waals surface area (Å²) in [5.74, 6) is 1.04. The highest BCUT2D eigenvalue weighted by atomic mass is 16.3. The zero-order valence-corrected chi connectivity index (χ0v) is 8.63. The average Bonchev–Trinajstić information content (AvgIpc) is 2.55. The quantitative estimate of drug-likeness (QED) is 0.690. The van der Waals surface area contributed by atoms with Gasteiger partial charge in [-0.15, -0.1) is 0 Å². The van der Waals surface area contributed by atoms with Crippen LogP contribution in [0, 0.1) is 0 Å². The van der Waals surface area contributed by atoms with Gasteiger partial charge in [-0.1, -0.05) is 31.7 Å². The van der Waals surface area contributed by atoms with E-state index in [1.54, 1.807) is 0 Å². The highest BCUT2D eigenvalue weighted by Gasteiger charge is 2.11. The largest absolute Gasteiger partial charge is 0.460 e. The number of benzene rings is 1. The van der Waals surface area contributed by atoms with Crippen molar-refractivity contribution in [1.29, 1.82) is 0 Å². The molecule has 0 atom stereocenters. The highest BCUT2D eigenvalue weighted by molar-refractivity contribution is 5.91. The second kappa shape index (κ2) is 3.33. The molecule has 2 aromatic rings. The molecule has 0 aliphatic carbocycles.